The summed E-state index contributed by atoms with van der Waals surface area (Å²) < 4.78 is 10.1. The summed E-state index contributed by atoms with van der Waals surface area (Å²) in [6, 6.07) is 8.86. The monoisotopic (exact) mass is 312 g/mol. The van der Waals surface area contributed by atoms with Crippen LogP contribution in [0.5, 0.6) is 0 Å². The van der Waals surface area contributed by atoms with E-state index < -0.39 is 24.1 Å². The fourth-order valence-electron chi connectivity index (χ4n) is 1.65. The SMILES string of the molecule is O=C(O)[C@H](O)[C@@H](OCCCCO)C(=O)OCc1ccccc1. The molecule has 1 aromatic carbocycles. The number of rotatable bonds is 10. The van der Waals surface area contributed by atoms with Crippen molar-refractivity contribution in [2.75, 3.05) is 13.2 Å². The second kappa shape index (κ2) is 9.88. The van der Waals surface area contributed by atoms with Crippen LogP contribution < -0.4 is 0 Å². The molecule has 3 N–H and O–H groups in total. The van der Waals surface area contributed by atoms with Crippen LogP contribution in [0, 0.1) is 0 Å². The second-order valence-corrected chi connectivity index (χ2v) is 4.60. The Labute approximate surface area is 128 Å². The maximum atomic E-state index is 11.9. The highest BCUT2D eigenvalue weighted by molar-refractivity contribution is 5.84. The first-order valence-corrected chi connectivity index (χ1v) is 6.90. The Morgan fingerprint density at radius 1 is 1.14 bits per heavy atom. The molecule has 0 aliphatic rings. The van der Waals surface area contributed by atoms with E-state index >= 15 is 0 Å². The van der Waals surface area contributed by atoms with Gasteiger partial charge in [-0.25, -0.2) is 9.59 Å². The standard InChI is InChI=1S/C15H20O7/c16-8-4-5-9-21-13(12(17)14(18)19)15(20)22-10-11-6-2-1-3-7-11/h1-3,6-7,12-13,16-17H,4-5,8-10H2,(H,18,19)/t12-,13-/m1/s1. The fourth-order valence-corrected chi connectivity index (χ4v) is 1.65. The lowest BCUT2D eigenvalue weighted by atomic mass is 10.2. The molecule has 7 heteroatoms. The van der Waals surface area contributed by atoms with Crippen LogP contribution in [0.2, 0.25) is 0 Å². The lowest BCUT2D eigenvalue weighted by Crippen LogP contribution is -2.43. The maximum Gasteiger partial charge on any atom is 0.338 e. The summed E-state index contributed by atoms with van der Waals surface area (Å²) in [4.78, 5) is 22.7. The van der Waals surface area contributed by atoms with Crippen LogP contribution in [0.3, 0.4) is 0 Å². The van der Waals surface area contributed by atoms with Gasteiger partial charge in [-0.1, -0.05) is 30.3 Å². The summed E-state index contributed by atoms with van der Waals surface area (Å²) in [6.07, 6.45) is -2.71. The van der Waals surface area contributed by atoms with Crippen LogP contribution in [-0.4, -0.2) is 52.7 Å². The Morgan fingerprint density at radius 2 is 1.82 bits per heavy atom. The van der Waals surface area contributed by atoms with Gasteiger partial charge in [0.05, 0.1) is 0 Å². The zero-order valence-corrected chi connectivity index (χ0v) is 12.1. The van der Waals surface area contributed by atoms with Crippen molar-refractivity contribution >= 4 is 11.9 Å². The van der Waals surface area contributed by atoms with Gasteiger partial charge in [0.2, 0.25) is 0 Å². The van der Waals surface area contributed by atoms with Gasteiger partial charge in [0, 0.05) is 13.2 Å². The first-order valence-electron chi connectivity index (χ1n) is 6.90. The summed E-state index contributed by atoms with van der Waals surface area (Å²) in [6.45, 7) is -0.0352. The van der Waals surface area contributed by atoms with E-state index in [9.17, 15) is 14.7 Å². The number of carbonyl (C=O) groups is 2. The van der Waals surface area contributed by atoms with Crippen LogP contribution >= 0.6 is 0 Å². The largest absolute Gasteiger partial charge is 0.479 e. The van der Waals surface area contributed by atoms with E-state index in [0.717, 1.165) is 5.56 Å². The Kier molecular flexibility index (Phi) is 8.13. The number of unbranched alkanes of at least 4 members (excludes halogenated alkanes) is 1. The number of benzene rings is 1. The van der Waals surface area contributed by atoms with Crippen molar-refractivity contribution in [1.82, 2.24) is 0 Å². The molecule has 0 aliphatic carbocycles. The molecule has 0 amide bonds. The van der Waals surface area contributed by atoms with Gasteiger partial charge < -0.3 is 24.8 Å². The van der Waals surface area contributed by atoms with E-state index in [0.29, 0.717) is 12.8 Å². The summed E-state index contributed by atoms with van der Waals surface area (Å²) >= 11 is 0. The molecule has 0 saturated carbocycles. The van der Waals surface area contributed by atoms with Crippen LogP contribution in [0.1, 0.15) is 18.4 Å². The summed E-state index contributed by atoms with van der Waals surface area (Å²) in [5.41, 5.74) is 0.736. The van der Waals surface area contributed by atoms with Crippen molar-refractivity contribution in [3.63, 3.8) is 0 Å². The molecular formula is C15H20O7. The number of hydrogen-bond donors (Lipinski definition) is 3. The molecule has 0 saturated heterocycles. The minimum atomic E-state index is -2.00. The van der Waals surface area contributed by atoms with Crippen molar-refractivity contribution in [2.45, 2.75) is 31.7 Å². The Bertz CT molecular complexity index is 460. The van der Waals surface area contributed by atoms with E-state index in [1.807, 2.05) is 6.07 Å². The summed E-state index contributed by atoms with van der Waals surface area (Å²) in [5, 5.41) is 27.0. The molecule has 0 unspecified atom stereocenters. The minimum Gasteiger partial charge on any atom is -0.479 e. The normalized spacial score (nSPS) is 13.4. The third-order valence-corrected chi connectivity index (χ3v) is 2.85. The average Bonchev–Trinajstić information content (AvgIpc) is 2.53. The molecule has 22 heavy (non-hydrogen) atoms. The van der Waals surface area contributed by atoms with Gasteiger partial charge in [0.25, 0.3) is 0 Å². The van der Waals surface area contributed by atoms with Crippen molar-refractivity contribution in [3.05, 3.63) is 35.9 Å². The topological polar surface area (TPSA) is 113 Å². The van der Waals surface area contributed by atoms with Gasteiger partial charge in [-0.2, -0.15) is 0 Å². The van der Waals surface area contributed by atoms with Gasteiger partial charge >= 0.3 is 11.9 Å². The predicted octanol–water partition coefficient (Wildman–Crippen LogP) is 0.333. The number of aliphatic carboxylic acids is 1. The van der Waals surface area contributed by atoms with E-state index in [2.05, 4.69) is 0 Å². The molecule has 0 aromatic heterocycles. The lowest BCUT2D eigenvalue weighted by molar-refractivity contribution is -0.176. The molecule has 0 spiro atoms. The number of ether oxygens (including phenoxy) is 2. The number of carboxylic acids is 1. The van der Waals surface area contributed by atoms with E-state index in [4.69, 9.17) is 19.7 Å². The second-order valence-electron chi connectivity index (χ2n) is 4.60. The third kappa shape index (κ3) is 6.21. The van der Waals surface area contributed by atoms with E-state index in [1.165, 1.54) is 0 Å². The smallest absolute Gasteiger partial charge is 0.338 e. The maximum absolute atomic E-state index is 11.9. The number of aliphatic hydroxyl groups is 2. The highest BCUT2D eigenvalue weighted by atomic mass is 16.6. The Morgan fingerprint density at radius 3 is 2.41 bits per heavy atom. The van der Waals surface area contributed by atoms with Crippen molar-refractivity contribution < 1.29 is 34.4 Å². The van der Waals surface area contributed by atoms with Gasteiger partial charge in [-0.05, 0) is 18.4 Å². The minimum absolute atomic E-state index is 0.0338. The molecule has 1 aromatic rings. The third-order valence-electron chi connectivity index (χ3n) is 2.85. The number of carboxylic acid groups (broad SMARTS) is 1. The highest BCUT2D eigenvalue weighted by Crippen LogP contribution is 2.08. The van der Waals surface area contributed by atoms with Crippen LogP contribution in [0.4, 0.5) is 0 Å². The molecule has 2 atom stereocenters. The predicted molar refractivity (Wildman–Crippen MR) is 75.9 cm³/mol. The van der Waals surface area contributed by atoms with Gasteiger partial charge in [-0.3, -0.25) is 0 Å². The molecule has 0 aliphatic heterocycles. The molecule has 0 fully saturated rings. The zero-order valence-electron chi connectivity index (χ0n) is 12.1. The van der Waals surface area contributed by atoms with Gasteiger partial charge in [0.1, 0.15) is 6.61 Å². The van der Waals surface area contributed by atoms with Crippen molar-refractivity contribution in [1.29, 1.82) is 0 Å². The first kappa shape index (κ1) is 18.1. The molecule has 0 radical (unpaired) electrons. The van der Waals surface area contributed by atoms with Crippen LogP contribution in [0.25, 0.3) is 0 Å². The molecule has 1 rings (SSSR count). The molecule has 0 bridgehead atoms. The van der Waals surface area contributed by atoms with Crippen molar-refractivity contribution in [2.24, 2.45) is 0 Å². The number of aliphatic hydroxyl groups excluding tert-OH is 2. The summed E-state index contributed by atoms with van der Waals surface area (Å²) in [7, 11) is 0. The summed E-state index contributed by atoms with van der Waals surface area (Å²) in [5.74, 6) is -2.51. The van der Waals surface area contributed by atoms with Gasteiger partial charge in [0.15, 0.2) is 12.2 Å². The molecular weight excluding hydrogens is 292 g/mol. The molecule has 122 valence electrons. The zero-order chi connectivity index (χ0) is 16.4. The van der Waals surface area contributed by atoms with Crippen molar-refractivity contribution in [3.8, 4) is 0 Å². The van der Waals surface area contributed by atoms with Crippen LogP contribution in [0.15, 0.2) is 30.3 Å². The van der Waals surface area contributed by atoms with E-state index in [-0.39, 0.29) is 19.8 Å². The highest BCUT2D eigenvalue weighted by Gasteiger charge is 2.34. The molecule has 7 nitrogen and oxygen atoms in total. The number of carbonyl (C=O) groups excluding carboxylic acids is 1. The molecule has 0 heterocycles. The average molecular weight is 312 g/mol. The Balaban J connectivity index is 2.56. The Hall–Kier alpha value is -1.96. The first-order chi connectivity index (χ1) is 10.6. The quantitative estimate of drug-likeness (QED) is 0.421. The van der Waals surface area contributed by atoms with Gasteiger partial charge in [-0.15, -0.1) is 0 Å². The van der Waals surface area contributed by atoms with Crippen LogP contribution in [-0.2, 0) is 25.7 Å². The number of esters is 1. The fraction of sp³-hybridized carbons (Fsp3) is 0.467. The number of hydrogen-bond acceptors (Lipinski definition) is 6. The van der Waals surface area contributed by atoms with E-state index in [1.54, 1.807) is 24.3 Å². The lowest BCUT2D eigenvalue weighted by Gasteiger charge is -2.19.